The highest BCUT2D eigenvalue weighted by Crippen LogP contribution is 2.36. The van der Waals surface area contributed by atoms with Gasteiger partial charge in [0.15, 0.2) is 0 Å². The molecule has 2 unspecified atom stereocenters. The fourth-order valence-corrected chi connectivity index (χ4v) is 2.90. The first-order valence-corrected chi connectivity index (χ1v) is 7.49. The van der Waals surface area contributed by atoms with Gasteiger partial charge in [-0.25, -0.2) is 0 Å². The van der Waals surface area contributed by atoms with Crippen molar-refractivity contribution < 1.29 is 9.52 Å². The third-order valence-corrected chi connectivity index (χ3v) is 4.07. The lowest BCUT2D eigenvalue weighted by Gasteiger charge is -2.20. The molecule has 2 aromatic carbocycles. The quantitative estimate of drug-likeness (QED) is 0.708. The van der Waals surface area contributed by atoms with Gasteiger partial charge in [0, 0.05) is 16.3 Å². The van der Waals surface area contributed by atoms with Gasteiger partial charge in [-0.1, -0.05) is 48.9 Å². The first kappa shape index (κ1) is 14.2. The van der Waals surface area contributed by atoms with Gasteiger partial charge in [-0.2, -0.15) is 0 Å². The molecular formula is C18H17ClO2. The molecule has 1 N–H and O–H groups in total. The van der Waals surface area contributed by atoms with Gasteiger partial charge in [0.2, 0.25) is 0 Å². The van der Waals surface area contributed by atoms with E-state index in [1.54, 1.807) is 6.07 Å². The van der Waals surface area contributed by atoms with E-state index in [2.05, 4.69) is 6.92 Å². The summed E-state index contributed by atoms with van der Waals surface area (Å²) in [7, 11) is 0. The van der Waals surface area contributed by atoms with Gasteiger partial charge in [0.05, 0.1) is 0 Å². The Hall–Kier alpha value is -1.77. The molecule has 1 heterocycles. The van der Waals surface area contributed by atoms with Gasteiger partial charge in [-0.3, -0.25) is 0 Å². The standard InChI is InChI=1S/C18H17ClO2/c1-2-15(12-6-4-3-5-7-12)18(20)17-11-13-10-14(19)8-9-16(13)21-17/h3-11,15,18,20H,2H2,1H3. The lowest BCUT2D eigenvalue weighted by molar-refractivity contribution is 0.119. The third-order valence-electron chi connectivity index (χ3n) is 3.84. The number of halogens is 1. The molecule has 0 aliphatic rings. The van der Waals surface area contributed by atoms with Crippen LogP contribution in [0.5, 0.6) is 0 Å². The summed E-state index contributed by atoms with van der Waals surface area (Å²) in [4.78, 5) is 0. The van der Waals surface area contributed by atoms with Crippen LogP contribution < -0.4 is 0 Å². The van der Waals surface area contributed by atoms with Crippen LogP contribution in [0.2, 0.25) is 5.02 Å². The number of rotatable bonds is 4. The molecule has 0 spiro atoms. The molecule has 1 aromatic heterocycles. The van der Waals surface area contributed by atoms with E-state index in [1.165, 1.54) is 0 Å². The molecule has 2 atom stereocenters. The smallest absolute Gasteiger partial charge is 0.134 e. The van der Waals surface area contributed by atoms with Crippen molar-refractivity contribution in [2.24, 2.45) is 0 Å². The molecule has 3 rings (SSSR count). The molecule has 0 saturated heterocycles. The minimum absolute atomic E-state index is 0.0160. The molecule has 3 aromatic rings. The average molecular weight is 301 g/mol. The van der Waals surface area contributed by atoms with Gasteiger partial charge < -0.3 is 9.52 Å². The lowest BCUT2D eigenvalue weighted by Crippen LogP contribution is -2.09. The van der Waals surface area contributed by atoms with Crippen LogP contribution in [0.4, 0.5) is 0 Å². The molecular weight excluding hydrogens is 284 g/mol. The summed E-state index contributed by atoms with van der Waals surface area (Å²) in [6.45, 7) is 2.07. The minimum Gasteiger partial charge on any atom is -0.458 e. The van der Waals surface area contributed by atoms with Crippen molar-refractivity contribution in [3.63, 3.8) is 0 Å². The number of aliphatic hydroxyl groups is 1. The predicted molar refractivity (Wildman–Crippen MR) is 85.7 cm³/mol. The Morgan fingerprint density at radius 2 is 1.86 bits per heavy atom. The molecule has 21 heavy (non-hydrogen) atoms. The Kier molecular flexibility index (Phi) is 4.00. The fraction of sp³-hybridized carbons (Fsp3) is 0.222. The number of hydrogen-bond acceptors (Lipinski definition) is 2. The fourth-order valence-electron chi connectivity index (χ4n) is 2.72. The molecule has 108 valence electrons. The lowest BCUT2D eigenvalue weighted by atomic mass is 9.90. The van der Waals surface area contributed by atoms with Crippen LogP contribution in [0, 0.1) is 0 Å². The van der Waals surface area contributed by atoms with Crippen molar-refractivity contribution in [2.75, 3.05) is 0 Å². The molecule has 3 heteroatoms. The maximum Gasteiger partial charge on any atom is 0.134 e. The molecule has 2 nitrogen and oxygen atoms in total. The third kappa shape index (κ3) is 2.82. The normalized spacial score (nSPS) is 14.2. The molecule has 0 radical (unpaired) electrons. The van der Waals surface area contributed by atoms with E-state index in [9.17, 15) is 5.11 Å². The van der Waals surface area contributed by atoms with Crippen LogP contribution >= 0.6 is 11.6 Å². The first-order valence-electron chi connectivity index (χ1n) is 7.11. The Morgan fingerprint density at radius 1 is 1.10 bits per heavy atom. The van der Waals surface area contributed by atoms with Crippen molar-refractivity contribution in [3.8, 4) is 0 Å². The molecule has 0 saturated carbocycles. The van der Waals surface area contributed by atoms with Crippen LogP contribution in [-0.2, 0) is 0 Å². The predicted octanol–water partition coefficient (Wildman–Crippen LogP) is 5.31. The van der Waals surface area contributed by atoms with E-state index in [1.807, 2.05) is 48.5 Å². The van der Waals surface area contributed by atoms with E-state index < -0.39 is 6.10 Å². The zero-order valence-electron chi connectivity index (χ0n) is 11.8. The second-order valence-corrected chi connectivity index (χ2v) is 5.64. The zero-order valence-corrected chi connectivity index (χ0v) is 12.5. The van der Waals surface area contributed by atoms with Crippen LogP contribution in [0.25, 0.3) is 11.0 Å². The van der Waals surface area contributed by atoms with E-state index in [0.29, 0.717) is 10.8 Å². The SMILES string of the molecule is CCC(c1ccccc1)C(O)c1cc2cc(Cl)ccc2o1. The number of aliphatic hydroxyl groups excluding tert-OH is 1. The van der Waals surface area contributed by atoms with Crippen LogP contribution in [0.15, 0.2) is 59.0 Å². The largest absolute Gasteiger partial charge is 0.458 e. The second-order valence-electron chi connectivity index (χ2n) is 5.20. The average Bonchev–Trinajstić information content (AvgIpc) is 2.92. The van der Waals surface area contributed by atoms with Gasteiger partial charge in [0.25, 0.3) is 0 Å². The van der Waals surface area contributed by atoms with Crippen LogP contribution in [-0.4, -0.2) is 5.11 Å². The summed E-state index contributed by atoms with van der Waals surface area (Å²) in [6.07, 6.45) is 0.173. The van der Waals surface area contributed by atoms with Crippen molar-refractivity contribution in [2.45, 2.75) is 25.4 Å². The minimum atomic E-state index is -0.663. The Balaban J connectivity index is 1.96. The maximum atomic E-state index is 10.7. The van der Waals surface area contributed by atoms with Crippen LogP contribution in [0.1, 0.15) is 36.7 Å². The summed E-state index contributed by atoms with van der Waals surface area (Å²) in [5, 5.41) is 12.3. The molecule has 0 fully saturated rings. The Bertz CT molecular complexity index is 733. The molecule has 0 amide bonds. The van der Waals surface area contributed by atoms with Crippen molar-refractivity contribution in [3.05, 3.63) is 70.9 Å². The van der Waals surface area contributed by atoms with Crippen LogP contribution in [0.3, 0.4) is 0 Å². The summed E-state index contributed by atoms with van der Waals surface area (Å²) < 4.78 is 5.78. The highest BCUT2D eigenvalue weighted by Gasteiger charge is 2.24. The van der Waals surface area contributed by atoms with E-state index in [-0.39, 0.29) is 5.92 Å². The Morgan fingerprint density at radius 3 is 2.57 bits per heavy atom. The highest BCUT2D eigenvalue weighted by atomic mass is 35.5. The number of benzene rings is 2. The van der Waals surface area contributed by atoms with Gasteiger partial charge in [-0.05, 0) is 36.2 Å². The topological polar surface area (TPSA) is 33.4 Å². The molecule has 0 aliphatic carbocycles. The van der Waals surface area contributed by atoms with Gasteiger partial charge >= 0.3 is 0 Å². The second kappa shape index (κ2) is 5.92. The van der Waals surface area contributed by atoms with Gasteiger partial charge in [0.1, 0.15) is 17.4 Å². The summed E-state index contributed by atoms with van der Waals surface area (Å²) in [5.74, 6) is 0.602. The first-order chi connectivity index (χ1) is 10.2. The zero-order chi connectivity index (χ0) is 14.8. The van der Waals surface area contributed by atoms with E-state index in [4.69, 9.17) is 16.0 Å². The summed E-state index contributed by atoms with van der Waals surface area (Å²) in [6, 6.07) is 17.4. The molecule has 0 aliphatic heterocycles. The van der Waals surface area contributed by atoms with E-state index in [0.717, 1.165) is 23.0 Å². The number of fused-ring (bicyclic) bond motifs is 1. The summed E-state index contributed by atoms with van der Waals surface area (Å²) >= 11 is 5.99. The van der Waals surface area contributed by atoms with Crippen molar-refractivity contribution >= 4 is 22.6 Å². The van der Waals surface area contributed by atoms with E-state index >= 15 is 0 Å². The Labute approximate surface area is 129 Å². The van der Waals surface area contributed by atoms with Gasteiger partial charge in [-0.15, -0.1) is 0 Å². The number of furan rings is 1. The molecule has 0 bridgehead atoms. The maximum absolute atomic E-state index is 10.7. The van der Waals surface area contributed by atoms with Crippen molar-refractivity contribution in [1.82, 2.24) is 0 Å². The van der Waals surface area contributed by atoms with Crippen molar-refractivity contribution in [1.29, 1.82) is 0 Å². The highest BCUT2D eigenvalue weighted by molar-refractivity contribution is 6.31. The summed E-state index contributed by atoms with van der Waals surface area (Å²) in [5.41, 5.74) is 1.86. The monoisotopic (exact) mass is 300 g/mol. The number of hydrogen-bond donors (Lipinski definition) is 1.